The summed E-state index contributed by atoms with van der Waals surface area (Å²) in [5.74, 6) is -3.70. The highest BCUT2D eigenvalue weighted by molar-refractivity contribution is 6.13. The molecule has 6 nitrogen and oxygen atoms in total. The number of methoxy groups -OCH3 is 1. The van der Waals surface area contributed by atoms with Crippen LogP contribution in [0.3, 0.4) is 0 Å². The van der Waals surface area contributed by atoms with Gasteiger partial charge in [-0.05, 0) is 12.1 Å². The smallest absolute Gasteiger partial charge is 0.419 e. The number of carbonyl (C=O) groups is 3. The number of halogens is 3. The number of fused-ring (bicyclic) bond motifs is 1. The topological polar surface area (TPSA) is 85.1 Å². The van der Waals surface area contributed by atoms with Gasteiger partial charge < -0.3 is 14.2 Å². The Morgan fingerprint density at radius 1 is 1.04 bits per heavy atom. The van der Waals surface area contributed by atoms with Crippen molar-refractivity contribution in [1.29, 1.82) is 0 Å². The summed E-state index contributed by atoms with van der Waals surface area (Å²) < 4.78 is 47.0. The largest absolute Gasteiger partial charge is 0.478 e. The third kappa shape index (κ3) is 3.11. The van der Waals surface area contributed by atoms with Crippen LogP contribution >= 0.6 is 0 Å². The normalized spacial score (nSPS) is 11.4. The molecule has 9 heteroatoms. The third-order valence-electron chi connectivity index (χ3n) is 4.11. The highest BCUT2D eigenvalue weighted by Crippen LogP contribution is 2.39. The first-order valence-corrected chi connectivity index (χ1v) is 7.83. The molecule has 0 saturated carbocycles. The fourth-order valence-electron chi connectivity index (χ4n) is 2.92. The molecule has 0 unspecified atom stereocenters. The third-order valence-corrected chi connectivity index (χ3v) is 4.11. The second kappa shape index (κ2) is 6.84. The molecule has 144 valence electrons. The van der Waals surface area contributed by atoms with E-state index in [0.717, 1.165) is 29.8 Å². The standard InChI is InChI=1S/C19H12F3NO5/c1-28-18(27)13-12-9-11(17(25)26)7-8-23(12)15(14(13)19(20,21)22)16(24)10-5-3-2-4-6-10/h2-9H,1H3,(H,25,26). The molecule has 0 amide bonds. The molecule has 3 aromatic rings. The molecule has 0 spiro atoms. The average Bonchev–Trinajstić information content (AvgIpc) is 3.02. The van der Waals surface area contributed by atoms with Crippen LogP contribution in [0.4, 0.5) is 13.2 Å². The molecule has 0 aliphatic carbocycles. The summed E-state index contributed by atoms with van der Waals surface area (Å²) in [7, 11) is 0.895. The number of aromatic carboxylic acids is 1. The minimum absolute atomic E-state index is 0.0221. The maximum absolute atomic E-state index is 13.9. The maximum Gasteiger partial charge on any atom is 0.419 e. The van der Waals surface area contributed by atoms with Crippen LogP contribution in [0.25, 0.3) is 5.52 Å². The predicted octanol–water partition coefficient (Wildman–Crippen LogP) is 3.67. The molecule has 0 fully saturated rings. The number of benzene rings is 1. The summed E-state index contributed by atoms with van der Waals surface area (Å²) in [5.41, 5.74) is -3.95. The van der Waals surface area contributed by atoms with Crippen LogP contribution < -0.4 is 0 Å². The van der Waals surface area contributed by atoms with Gasteiger partial charge in [0, 0.05) is 11.8 Å². The van der Waals surface area contributed by atoms with Crippen molar-refractivity contribution >= 4 is 23.2 Å². The van der Waals surface area contributed by atoms with Gasteiger partial charge in [-0.2, -0.15) is 13.2 Å². The lowest BCUT2D eigenvalue weighted by molar-refractivity contribution is -0.138. The summed E-state index contributed by atoms with van der Waals surface area (Å²) in [6.45, 7) is 0. The van der Waals surface area contributed by atoms with Crippen molar-refractivity contribution in [1.82, 2.24) is 4.40 Å². The number of nitrogens with zero attached hydrogens (tertiary/aromatic N) is 1. The highest BCUT2D eigenvalue weighted by Gasteiger charge is 2.44. The van der Waals surface area contributed by atoms with Crippen LogP contribution in [0, 0.1) is 0 Å². The Morgan fingerprint density at radius 2 is 1.68 bits per heavy atom. The number of alkyl halides is 3. The molecule has 0 aliphatic rings. The van der Waals surface area contributed by atoms with Gasteiger partial charge in [-0.15, -0.1) is 0 Å². The van der Waals surface area contributed by atoms with Crippen LogP contribution in [0.15, 0.2) is 48.7 Å². The Balaban J connectivity index is 2.47. The summed E-state index contributed by atoms with van der Waals surface area (Å²) in [4.78, 5) is 36.3. The first kappa shape index (κ1) is 19.2. The lowest BCUT2D eigenvalue weighted by atomic mass is 10.0. The number of carboxylic acid groups (broad SMARTS) is 1. The maximum atomic E-state index is 13.9. The van der Waals surface area contributed by atoms with Gasteiger partial charge in [0.05, 0.1) is 23.8 Å². The SMILES string of the molecule is COC(=O)c1c(C(F)(F)F)c(C(=O)c2ccccc2)n2ccc(C(=O)O)cc12. The van der Waals surface area contributed by atoms with E-state index in [2.05, 4.69) is 4.74 Å². The number of hydrogen-bond acceptors (Lipinski definition) is 4. The van der Waals surface area contributed by atoms with Gasteiger partial charge in [0.25, 0.3) is 0 Å². The van der Waals surface area contributed by atoms with Crippen LogP contribution in [-0.2, 0) is 10.9 Å². The van der Waals surface area contributed by atoms with Gasteiger partial charge in [0.1, 0.15) is 11.3 Å². The van der Waals surface area contributed by atoms with E-state index in [1.54, 1.807) is 6.07 Å². The van der Waals surface area contributed by atoms with Crippen molar-refractivity contribution in [3.05, 3.63) is 76.6 Å². The highest BCUT2D eigenvalue weighted by atomic mass is 19.4. The van der Waals surface area contributed by atoms with E-state index in [-0.39, 0.29) is 11.1 Å². The number of ketones is 1. The molecule has 28 heavy (non-hydrogen) atoms. The number of rotatable bonds is 4. The predicted molar refractivity (Wildman–Crippen MR) is 90.6 cm³/mol. The molecular weight excluding hydrogens is 379 g/mol. The number of hydrogen-bond donors (Lipinski definition) is 1. The number of esters is 1. The second-order valence-corrected chi connectivity index (χ2v) is 5.76. The lowest BCUT2D eigenvalue weighted by Crippen LogP contribution is -2.17. The van der Waals surface area contributed by atoms with Gasteiger partial charge in [-0.1, -0.05) is 30.3 Å². The van der Waals surface area contributed by atoms with Crippen molar-refractivity contribution in [2.75, 3.05) is 7.11 Å². The summed E-state index contributed by atoms with van der Waals surface area (Å²) >= 11 is 0. The van der Waals surface area contributed by atoms with Crippen molar-refractivity contribution in [3.8, 4) is 0 Å². The monoisotopic (exact) mass is 391 g/mol. The Labute approximate surface area is 155 Å². The zero-order valence-electron chi connectivity index (χ0n) is 14.3. The van der Waals surface area contributed by atoms with Crippen LogP contribution in [0.5, 0.6) is 0 Å². The summed E-state index contributed by atoms with van der Waals surface area (Å²) in [6, 6.07) is 9.18. The summed E-state index contributed by atoms with van der Waals surface area (Å²) in [5, 5.41) is 9.14. The zero-order valence-corrected chi connectivity index (χ0v) is 14.3. The molecule has 0 aliphatic heterocycles. The molecule has 0 radical (unpaired) electrons. The minimum Gasteiger partial charge on any atom is -0.478 e. The number of ether oxygens (including phenoxy) is 1. The first-order valence-electron chi connectivity index (χ1n) is 7.83. The quantitative estimate of drug-likeness (QED) is 0.542. The van der Waals surface area contributed by atoms with Crippen molar-refractivity contribution in [2.45, 2.75) is 6.18 Å². The molecule has 2 aromatic heterocycles. The molecular formula is C19H12F3NO5. The lowest BCUT2D eigenvalue weighted by Gasteiger charge is -2.10. The van der Waals surface area contributed by atoms with Gasteiger partial charge in [0.2, 0.25) is 5.78 Å². The molecule has 3 rings (SSSR count). The van der Waals surface area contributed by atoms with E-state index >= 15 is 0 Å². The van der Waals surface area contributed by atoms with E-state index in [9.17, 15) is 27.6 Å². The van der Waals surface area contributed by atoms with Crippen molar-refractivity contribution < 1.29 is 37.4 Å². The number of carboxylic acids is 1. The Hall–Kier alpha value is -3.62. The molecule has 0 atom stereocenters. The molecule has 1 N–H and O–H groups in total. The summed E-state index contributed by atoms with van der Waals surface area (Å²) in [6.07, 6.45) is -4.06. The molecule has 0 bridgehead atoms. The van der Waals surface area contributed by atoms with Crippen LogP contribution in [0.2, 0.25) is 0 Å². The van der Waals surface area contributed by atoms with Crippen LogP contribution in [-0.4, -0.2) is 34.3 Å². The number of pyridine rings is 1. The molecule has 1 aromatic carbocycles. The van der Waals surface area contributed by atoms with E-state index < -0.39 is 46.2 Å². The van der Waals surface area contributed by atoms with Crippen molar-refractivity contribution in [3.63, 3.8) is 0 Å². The Bertz CT molecular complexity index is 1100. The molecule has 2 heterocycles. The van der Waals surface area contributed by atoms with Crippen molar-refractivity contribution in [2.24, 2.45) is 0 Å². The molecule has 0 saturated heterocycles. The fraction of sp³-hybridized carbons (Fsp3) is 0.105. The average molecular weight is 391 g/mol. The van der Waals surface area contributed by atoms with Gasteiger partial charge in [0.15, 0.2) is 0 Å². The Kier molecular flexibility index (Phi) is 4.68. The number of carbonyl (C=O) groups excluding carboxylic acids is 2. The second-order valence-electron chi connectivity index (χ2n) is 5.76. The fourth-order valence-corrected chi connectivity index (χ4v) is 2.92. The van der Waals surface area contributed by atoms with Gasteiger partial charge >= 0.3 is 18.1 Å². The first-order chi connectivity index (χ1) is 13.2. The van der Waals surface area contributed by atoms with E-state index in [4.69, 9.17) is 5.11 Å². The van der Waals surface area contributed by atoms with Gasteiger partial charge in [-0.25, -0.2) is 9.59 Å². The van der Waals surface area contributed by atoms with Gasteiger partial charge in [-0.3, -0.25) is 4.79 Å². The Morgan fingerprint density at radius 3 is 2.21 bits per heavy atom. The van der Waals surface area contributed by atoms with Crippen LogP contribution in [0.1, 0.15) is 42.3 Å². The van der Waals surface area contributed by atoms with E-state index in [1.165, 1.54) is 24.3 Å². The van der Waals surface area contributed by atoms with E-state index in [0.29, 0.717) is 0 Å². The zero-order chi connectivity index (χ0) is 20.6. The van der Waals surface area contributed by atoms with E-state index in [1.807, 2.05) is 0 Å². The minimum atomic E-state index is -5.07. The number of aromatic nitrogens is 1.